The fraction of sp³-hybridized carbons (Fsp3) is 0.283. The molecule has 2 heterocycles. The Balaban J connectivity index is 0.000000226. The smallest absolute Gasteiger partial charge is 0.272 e. The van der Waals surface area contributed by atoms with Crippen molar-refractivity contribution in [1.82, 2.24) is 0 Å². The van der Waals surface area contributed by atoms with Crippen molar-refractivity contribution in [2.75, 3.05) is 38.8 Å². The Morgan fingerprint density at radius 1 is 0.864 bits per heavy atom. The molecule has 2 aliphatic rings. The predicted molar refractivity (Wildman–Crippen MR) is 227 cm³/mol. The summed E-state index contributed by atoms with van der Waals surface area (Å²) in [6.07, 6.45) is 7.46. The van der Waals surface area contributed by atoms with Gasteiger partial charge in [0.2, 0.25) is 16.1 Å². The van der Waals surface area contributed by atoms with Crippen LogP contribution in [0.25, 0.3) is 31.9 Å². The number of ether oxygens (including phenoxy) is 2. The van der Waals surface area contributed by atoms with Gasteiger partial charge >= 0.3 is 0 Å². The number of benzene rings is 4. The Bertz CT molecular complexity index is 2800. The third kappa shape index (κ3) is 8.89. The van der Waals surface area contributed by atoms with Crippen LogP contribution in [0.5, 0.6) is 11.5 Å². The molecule has 6 rings (SSSR count). The van der Waals surface area contributed by atoms with Crippen LogP contribution in [0.1, 0.15) is 52.2 Å². The molecule has 0 bridgehead atoms. The Morgan fingerprint density at radius 3 is 2.03 bits per heavy atom. The first kappa shape index (κ1) is 43.4. The molecule has 0 spiro atoms. The minimum atomic E-state index is -4.90. The summed E-state index contributed by atoms with van der Waals surface area (Å²) in [5.74, 6) is 0.0428. The van der Waals surface area contributed by atoms with Crippen LogP contribution in [0.3, 0.4) is 0 Å². The molecule has 2 aliphatic heterocycles. The zero-order valence-electron chi connectivity index (χ0n) is 34.0. The second-order valence-corrected chi connectivity index (χ2v) is 15.8. The number of nitriles is 2. The molecule has 0 aromatic heterocycles. The number of fused-ring (bicyclic) bond motifs is 4. The Hall–Kier alpha value is -6.74. The van der Waals surface area contributed by atoms with E-state index in [0.717, 1.165) is 0 Å². The molecule has 0 aliphatic carbocycles. The molecule has 0 atom stereocenters. The lowest BCUT2D eigenvalue weighted by atomic mass is 9.80. The maximum Gasteiger partial charge on any atom is 0.272 e. The van der Waals surface area contributed by atoms with Gasteiger partial charge in [-0.2, -0.15) is 4.58 Å². The highest BCUT2D eigenvalue weighted by atomic mass is 32.3. The first-order valence-corrected chi connectivity index (χ1v) is 20.1. The van der Waals surface area contributed by atoms with E-state index in [-0.39, 0.29) is 50.8 Å². The standard InChI is InChI=1S/C29H31N2.C17H14N4O6S/c1-28(2)22-14-9-10-15-24(22)30(5)25(28)16-11-17-26-29(3,4)23-19-18-20-12-7-8-13-21(20)27(23)31(26)6;1-4-5-25-16-8-13(15(11-19)21-3)17(9-12(16)14(10-18)20-2)26-6-7-27-28(22,23)24/h7-19H,1-6H3;8-9H,4-7H2,1H3,(H,22,23,24)/q+1;/p-1/b;14-12-,15-13+. The lowest BCUT2D eigenvalue weighted by molar-refractivity contribution is -0.399. The summed E-state index contributed by atoms with van der Waals surface area (Å²) in [5.41, 5.74) is 7.38. The summed E-state index contributed by atoms with van der Waals surface area (Å²) >= 11 is 0. The van der Waals surface area contributed by atoms with Gasteiger partial charge < -0.3 is 18.9 Å². The highest BCUT2D eigenvalue weighted by Gasteiger charge is 2.44. The molecule has 0 unspecified atom stereocenters. The van der Waals surface area contributed by atoms with Crippen molar-refractivity contribution in [3.63, 3.8) is 0 Å². The van der Waals surface area contributed by atoms with E-state index in [1.165, 1.54) is 56.8 Å². The van der Waals surface area contributed by atoms with Crippen molar-refractivity contribution in [2.45, 2.75) is 51.9 Å². The van der Waals surface area contributed by atoms with Gasteiger partial charge in [0.05, 0.1) is 49.3 Å². The van der Waals surface area contributed by atoms with Gasteiger partial charge in [-0.1, -0.05) is 75.4 Å². The van der Waals surface area contributed by atoms with E-state index in [1.54, 1.807) is 12.1 Å². The fourth-order valence-corrected chi connectivity index (χ4v) is 7.88. The number of rotatable bonds is 10. The van der Waals surface area contributed by atoms with Gasteiger partial charge in [-0.15, -0.1) is 0 Å². The van der Waals surface area contributed by atoms with E-state index in [0.29, 0.717) is 6.42 Å². The molecule has 59 heavy (non-hydrogen) atoms. The molecule has 4 aromatic rings. The number of hydrogen-bond donors (Lipinski definition) is 0. The number of allylic oxidation sites excluding steroid dienone is 4. The molecule has 0 radical (unpaired) electrons. The van der Waals surface area contributed by atoms with Gasteiger partial charge in [-0.3, -0.25) is 4.18 Å². The summed E-state index contributed by atoms with van der Waals surface area (Å²) in [6, 6.07) is 27.9. The van der Waals surface area contributed by atoms with E-state index in [1.807, 2.05) is 6.92 Å². The van der Waals surface area contributed by atoms with Gasteiger partial charge in [0, 0.05) is 45.9 Å². The van der Waals surface area contributed by atoms with Crippen LogP contribution in [0, 0.1) is 35.8 Å². The maximum atomic E-state index is 10.5. The summed E-state index contributed by atoms with van der Waals surface area (Å²) in [7, 11) is -0.527. The third-order valence-corrected chi connectivity index (χ3v) is 10.9. The molecule has 0 saturated heterocycles. The number of anilines is 1. The SMILES string of the molecule is CN1C(=CC=CC2=[N+](C)c3c(ccc4ccccc34)C2(C)C)C(C)(C)c2ccccc21.[C-]#[N+]/C(C#N)=c1/cc(OCCOS(=O)(=O)[O-])/c(=C(\C#N)[N+]#[C-])cc1OCCC. The molecule has 0 N–H and O–H groups in total. The highest BCUT2D eigenvalue weighted by molar-refractivity contribution is 7.80. The van der Waals surface area contributed by atoms with Crippen LogP contribution in [-0.2, 0) is 25.4 Å². The zero-order chi connectivity index (χ0) is 43.1. The van der Waals surface area contributed by atoms with E-state index in [4.69, 9.17) is 22.6 Å². The van der Waals surface area contributed by atoms with Crippen LogP contribution in [0.2, 0.25) is 0 Å². The van der Waals surface area contributed by atoms with Gasteiger partial charge in [-0.25, -0.2) is 28.6 Å². The van der Waals surface area contributed by atoms with Crippen molar-refractivity contribution in [3.05, 3.63) is 141 Å². The fourth-order valence-electron chi connectivity index (χ4n) is 7.61. The number of likely N-dealkylation sites (N-methyl/N-ethyl adjacent to an activating group) is 1. The van der Waals surface area contributed by atoms with Gasteiger partial charge in [0.15, 0.2) is 5.71 Å². The molecule has 12 nitrogen and oxygen atoms in total. The molecular formula is C46H44N6O6S. The van der Waals surface area contributed by atoms with Gasteiger partial charge in [0.1, 0.15) is 25.2 Å². The van der Waals surface area contributed by atoms with Crippen LogP contribution < -0.4 is 24.8 Å². The van der Waals surface area contributed by atoms with E-state index < -0.39 is 23.6 Å². The number of nitrogens with zero attached hydrogens (tertiary/aromatic N) is 6. The molecule has 13 heteroatoms. The lowest BCUT2D eigenvalue weighted by Gasteiger charge is -2.23. The van der Waals surface area contributed by atoms with E-state index in [9.17, 15) is 23.5 Å². The Labute approximate surface area is 345 Å². The van der Waals surface area contributed by atoms with Gasteiger partial charge in [-0.05, 0) is 61.6 Å². The summed E-state index contributed by atoms with van der Waals surface area (Å²) in [5, 5.41) is 21.1. The largest absolute Gasteiger partial charge is 0.726 e. The first-order valence-electron chi connectivity index (χ1n) is 18.7. The number of para-hydroxylation sites is 1. The molecule has 0 saturated carbocycles. The van der Waals surface area contributed by atoms with Crippen molar-refractivity contribution < 1.29 is 31.2 Å². The van der Waals surface area contributed by atoms with E-state index in [2.05, 4.69) is 144 Å². The lowest BCUT2D eigenvalue weighted by Crippen LogP contribution is -2.26. The quantitative estimate of drug-likeness (QED) is 0.0536. The van der Waals surface area contributed by atoms with E-state index >= 15 is 0 Å². The summed E-state index contributed by atoms with van der Waals surface area (Å²) in [4.78, 5) is 8.55. The van der Waals surface area contributed by atoms with Crippen LogP contribution in [0.15, 0.2) is 96.7 Å². The topological polar surface area (TPSA) is 147 Å². The highest BCUT2D eigenvalue weighted by Crippen LogP contribution is 2.47. The zero-order valence-corrected chi connectivity index (χ0v) is 34.8. The molecule has 300 valence electrons. The average molecular weight is 809 g/mol. The minimum Gasteiger partial charge on any atom is -0.726 e. The predicted octanol–water partition coefficient (Wildman–Crippen LogP) is 7.15. The Morgan fingerprint density at radius 2 is 1.46 bits per heavy atom. The molecular weight excluding hydrogens is 765 g/mol. The minimum absolute atomic E-state index is 0.00336. The Kier molecular flexibility index (Phi) is 13.1. The van der Waals surface area contributed by atoms with Crippen molar-refractivity contribution >= 4 is 49.7 Å². The van der Waals surface area contributed by atoms with Gasteiger partial charge in [0.25, 0.3) is 11.4 Å². The number of hydrogen-bond acceptors (Lipinski definition) is 9. The monoisotopic (exact) mass is 808 g/mol. The van der Waals surface area contributed by atoms with Crippen molar-refractivity contribution in [3.8, 4) is 23.6 Å². The summed E-state index contributed by atoms with van der Waals surface area (Å²) in [6.45, 7) is 24.6. The summed E-state index contributed by atoms with van der Waals surface area (Å²) < 4.78 is 48.7. The first-order chi connectivity index (χ1) is 28.0. The molecule has 0 fully saturated rings. The van der Waals surface area contributed by atoms with Crippen molar-refractivity contribution in [2.24, 2.45) is 0 Å². The second-order valence-electron chi connectivity index (χ2n) is 14.8. The van der Waals surface area contributed by atoms with Crippen LogP contribution in [-0.4, -0.2) is 57.2 Å². The third-order valence-electron chi connectivity index (χ3n) is 10.4. The maximum absolute atomic E-state index is 10.5. The normalized spacial score (nSPS) is 16.5. The van der Waals surface area contributed by atoms with Crippen LogP contribution >= 0.6 is 0 Å². The average Bonchev–Trinajstić information content (AvgIpc) is 3.53. The second kappa shape index (κ2) is 17.8. The van der Waals surface area contributed by atoms with Crippen LogP contribution in [0.4, 0.5) is 11.4 Å². The molecule has 0 amide bonds. The van der Waals surface area contributed by atoms with Crippen molar-refractivity contribution in [1.29, 1.82) is 10.5 Å². The molecule has 4 aromatic carbocycles.